The number of nitrogens with zero attached hydrogens (tertiary/aromatic N) is 4. The van der Waals surface area contributed by atoms with E-state index in [1.807, 2.05) is 37.3 Å². The largest absolute Gasteiger partial charge is 0.338 e. The zero-order chi connectivity index (χ0) is 23.4. The van der Waals surface area contributed by atoms with Crippen LogP contribution in [0.4, 0.5) is 10.2 Å². The fourth-order valence-electron chi connectivity index (χ4n) is 4.04. The Hall–Kier alpha value is -3.61. The molecule has 1 aliphatic heterocycles. The average Bonchev–Trinajstić information content (AvgIpc) is 2.80. The summed E-state index contributed by atoms with van der Waals surface area (Å²) in [6, 6.07) is 16.0. The molecule has 2 heterocycles. The summed E-state index contributed by atoms with van der Waals surface area (Å²) < 4.78 is 13.1. The van der Waals surface area contributed by atoms with Crippen molar-refractivity contribution in [3.8, 4) is 0 Å². The molecule has 6 nitrogen and oxygen atoms in total. The summed E-state index contributed by atoms with van der Waals surface area (Å²) in [5.74, 6) is 0.773. The minimum Gasteiger partial charge on any atom is -0.338 e. The first-order chi connectivity index (χ1) is 15.9. The summed E-state index contributed by atoms with van der Waals surface area (Å²) in [5.41, 5.74) is 3.74. The molecule has 0 fully saturated rings. The highest BCUT2D eigenvalue weighted by Crippen LogP contribution is 2.28. The van der Waals surface area contributed by atoms with Gasteiger partial charge in [0.05, 0.1) is 13.0 Å². The first-order valence-corrected chi connectivity index (χ1v) is 11.1. The van der Waals surface area contributed by atoms with Crippen molar-refractivity contribution >= 4 is 17.6 Å². The van der Waals surface area contributed by atoms with Crippen LogP contribution >= 0.6 is 0 Å². The van der Waals surface area contributed by atoms with E-state index in [1.165, 1.54) is 12.1 Å². The minimum atomic E-state index is -0.330. The third-order valence-corrected chi connectivity index (χ3v) is 5.92. The van der Waals surface area contributed by atoms with Gasteiger partial charge in [-0.1, -0.05) is 42.5 Å². The molecule has 2 amide bonds. The smallest absolute Gasteiger partial charge is 0.228 e. The number of aryl methyl sites for hydroxylation is 1. The van der Waals surface area contributed by atoms with Crippen LogP contribution in [0.5, 0.6) is 0 Å². The molecule has 0 saturated carbocycles. The van der Waals surface area contributed by atoms with E-state index in [4.69, 9.17) is 4.98 Å². The lowest BCUT2D eigenvalue weighted by atomic mass is 10.0. The molecular formula is C26H27FN4O2. The van der Waals surface area contributed by atoms with E-state index in [2.05, 4.69) is 4.98 Å². The second-order valence-corrected chi connectivity index (χ2v) is 8.36. The van der Waals surface area contributed by atoms with Gasteiger partial charge in [0, 0.05) is 31.3 Å². The molecule has 0 radical (unpaired) electrons. The maximum atomic E-state index is 13.1. The standard InChI is InChI=1S/C26H27FN4O2/c1-18-22-12-13-24(32)31(15-14-19-6-4-3-5-7-19)26(22)29-23(28-18)17-30(2)25(33)16-20-8-10-21(27)11-9-20/h3-11H,12-17H2,1-2H3. The Morgan fingerprint density at radius 3 is 2.48 bits per heavy atom. The lowest BCUT2D eigenvalue weighted by Crippen LogP contribution is -2.38. The number of amides is 2. The number of fused-ring (bicyclic) bond motifs is 1. The SMILES string of the molecule is Cc1nc(CN(C)C(=O)Cc2ccc(F)cc2)nc2c1CCC(=O)N2CCc1ccccc1. The predicted molar refractivity (Wildman–Crippen MR) is 124 cm³/mol. The minimum absolute atomic E-state index is 0.0585. The number of carbonyl (C=O) groups excluding carboxylic acids is 2. The van der Waals surface area contributed by atoms with Gasteiger partial charge in [-0.3, -0.25) is 14.5 Å². The van der Waals surface area contributed by atoms with Crippen molar-refractivity contribution in [2.24, 2.45) is 0 Å². The van der Waals surface area contributed by atoms with Gasteiger partial charge in [-0.05, 0) is 43.0 Å². The van der Waals surface area contributed by atoms with E-state index in [1.54, 1.807) is 29.0 Å². The Morgan fingerprint density at radius 2 is 1.76 bits per heavy atom. The maximum absolute atomic E-state index is 13.1. The normalized spacial score (nSPS) is 13.1. The van der Waals surface area contributed by atoms with Crippen molar-refractivity contribution in [3.05, 3.63) is 88.6 Å². The summed E-state index contributed by atoms with van der Waals surface area (Å²) in [4.78, 5) is 38.0. The second-order valence-electron chi connectivity index (χ2n) is 8.36. The number of rotatable bonds is 7. The van der Waals surface area contributed by atoms with Crippen LogP contribution in [0.3, 0.4) is 0 Å². The van der Waals surface area contributed by atoms with Crippen molar-refractivity contribution in [2.75, 3.05) is 18.5 Å². The highest BCUT2D eigenvalue weighted by Gasteiger charge is 2.28. The van der Waals surface area contributed by atoms with Gasteiger partial charge in [-0.2, -0.15) is 0 Å². The molecule has 7 heteroatoms. The molecule has 2 aromatic carbocycles. The molecule has 0 spiro atoms. The van der Waals surface area contributed by atoms with Crippen molar-refractivity contribution < 1.29 is 14.0 Å². The van der Waals surface area contributed by atoms with Gasteiger partial charge in [0.25, 0.3) is 0 Å². The number of likely N-dealkylation sites (N-methyl/N-ethyl adjacent to an activating group) is 1. The van der Waals surface area contributed by atoms with E-state index in [9.17, 15) is 14.0 Å². The molecule has 3 aromatic rings. The highest BCUT2D eigenvalue weighted by molar-refractivity contribution is 5.95. The first kappa shape index (κ1) is 22.6. The van der Waals surface area contributed by atoms with Crippen LogP contribution in [-0.2, 0) is 35.4 Å². The summed E-state index contributed by atoms with van der Waals surface area (Å²) in [5, 5.41) is 0. The zero-order valence-corrected chi connectivity index (χ0v) is 18.9. The van der Waals surface area contributed by atoms with E-state index < -0.39 is 0 Å². The maximum Gasteiger partial charge on any atom is 0.228 e. The molecule has 1 aromatic heterocycles. The van der Waals surface area contributed by atoms with Crippen LogP contribution in [0.1, 0.15) is 34.6 Å². The highest BCUT2D eigenvalue weighted by atomic mass is 19.1. The average molecular weight is 447 g/mol. The predicted octanol–water partition coefficient (Wildman–Crippen LogP) is 3.65. The van der Waals surface area contributed by atoms with Gasteiger partial charge in [-0.15, -0.1) is 0 Å². The zero-order valence-electron chi connectivity index (χ0n) is 18.9. The third-order valence-electron chi connectivity index (χ3n) is 5.92. The van der Waals surface area contributed by atoms with Crippen LogP contribution in [0.2, 0.25) is 0 Å². The van der Waals surface area contributed by atoms with Crippen molar-refractivity contribution in [2.45, 2.75) is 39.2 Å². The molecule has 0 unspecified atom stereocenters. The fourth-order valence-corrected chi connectivity index (χ4v) is 4.04. The molecule has 0 bridgehead atoms. The molecule has 4 rings (SSSR count). The number of hydrogen-bond acceptors (Lipinski definition) is 4. The third kappa shape index (κ3) is 5.42. The van der Waals surface area contributed by atoms with Gasteiger partial charge >= 0.3 is 0 Å². The Bertz CT molecular complexity index is 1150. The Labute approximate surface area is 193 Å². The van der Waals surface area contributed by atoms with Crippen LogP contribution in [0.15, 0.2) is 54.6 Å². The van der Waals surface area contributed by atoms with Gasteiger partial charge < -0.3 is 4.90 Å². The fraction of sp³-hybridized carbons (Fsp3) is 0.308. The van der Waals surface area contributed by atoms with Crippen molar-refractivity contribution in [3.63, 3.8) is 0 Å². The lowest BCUT2D eigenvalue weighted by molar-refractivity contribution is -0.129. The van der Waals surface area contributed by atoms with Crippen LogP contribution in [0, 0.1) is 12.7 Å². The van der Waals surface area contributed by atoms with E-state index in [0.717, 1.165) is 28.8 Å². The van der Waals surface area contributed by atoms with E-state index >= 15 is 0 Å². The summed E-state index contributed by atoms with van der Waals surface area (Å²) in [6.07, 6.45) is 1.98. The monoisotopic (exact) mass is 446 g/mol. The number of halogens is 1. The van der Waals surface area contributed by atoms with Gasteiger partial charge in [0.2, 0.25) is 11.8 Å². The molecule has 33 heavy (non-hydrogen) atoms. The Balaban J connectivity index is 1.50. The van der Waals surface area contributed by atoms with Gasteiger partial charge in [0.15, 0.2) is 0 Å². The molecule has 170 valence electrons. The number of carbonyl (C=O) groups is 2. The quantitative estimate of drug-likeness (QED) is 0.556. The Kier molecular flexibility index (Phi) is 6.77. The lowest BCUT2D eigenvalue weighted by Gasteiger charge is -2.30. The molecule has 0 saturated heterocycles. The summed E-state index contributed by atoms with van der Waals surface area (Å²) in [6.45, 7) is 2.70. The summed E-state index contributed by atoms with van der Waals surface area (Å²) >= 11 is 0. The van der Waals surface area contributed by atoms with Crippen LogP contribution in [0.25, 0.3) is 0 Å². The van der Waals surface area contributed by atoms with Crippen LogP contribution in [-0.4, -0.2) is 40.3 Å². The molecule has 0 aliphatic carbocycles. The van der Waals surface area contributed by atoms with E-state index in [0.29, 0.717) is 31.0 Å². The summed E-state index contributed by atoms with van der Waals surface area (Å²) in [7, 11) is 1.70. The number of benzene rings is 2. The topological polar surface area (TPSA) is 66.4 Å². The first-order valence-electron chi connectivity index (χ1n) is 11.1. The van der Waals surface area contributed by atoms with E-state index in [-0.39, 0.29) is 30.6 Å². The van der Waals surface area contributed by atoms with Crippen molar-refractivity contribution in [1.29, 1.82) is 0 Å². The molecular weight excluding hydrogens is 419 g/mol. The number of anilines is 1. The number of hydrogen-bond donors (Lipinski definition) is 0. The van der Waals surface area contributed by atoms with Crippen LogP contribution < -0.4 is 4.90 Å². The molecule has 0 atom stereocenters. The second kappa shape index (κ2) is 9.90. The number of aromatic nitrogens is 2. The molecule has 1 aliphatic rings. The van der Waals surface area contributed by atoms with Gasteiger partial charge in [-0.25, -0.2) is 14.4 Å². The van der Waals surface area contributed by atoms with Crippen molar-refractivity contribution in [1.82, 2.24) is 14.9 Å². The van der Waals surface area contributed by atoms with Gasteiger partial charge in [0.1, 0.15) is 17.5 Å². The Morgan fingerprint density at radius 1 is 1.03 bits per heavy atom. The molecule has 0 N–H and O–H groups in total.